The third-order valence-electron chi connectivity index (χ3n) is 6.89. The fraction of sp³-hybridized carbons (Fsp3) is 0.484. The summed E-state index contributed by atoms with van der Waals surface area (Å²) in [5, 5.41) is 14.0. The first kappa shape index (κ1) is 34.4. The number of nitrogens with zero attached hydrogens (tertiary/aromatic N) is 4. The summed E-state index contributed by atoms with van der Waals surface area (Å²) in [6.07, 6.45) is 0.258. The van der Waals surface area contributed by atoms with Gasteiger partial charge in [0.15, 0.2) is 5.12 Å². The molecule has 0 aromatic heterocycles. The maximum atomic E-state index is 13.8. The molecule has 1 unspecified atom stereocenters. The van der Waals surface area contributed by atoms with E-state index in [9.17, 15) is 29.3 Å². The van der Waals surface area contributed by atoms with Crippen LogP contribution in [-0.2, 0) is 27.2 Å². The quantitative estimate of drug-likeness (QED) is 0.290. The van der Waals surface area contributed by atoms with Gasteiger partial charge in [0, 0.05) is 70.5 Å². The number of nitro benzene ring substituents is 1. The molecule has 1 saturated heterocycles. The molecule has 0 bridgehead atoms. The Hall–Kier alpha value is -4.13. The van der Waals surface area contributed by atoms with E-state index in [0.29, 0.717) is 30.8 Å². The summed E-state index contributed by atoms with van der Waals surface area (Å²) in [6, 6.07) is 14.2. The summed E-state index contributed by atoms with van der Waals surface area (Å²) in [5.74, 6) is 0.0900. The third kappa shape index (κ3) is 11.2. The number of ether oxygens (including phenoxy) is 1. The molecule has 0 aliphatic carbocycles. The van der Waals surface area contributed by atoms with Crippen molar-refractivity contribution in [2.24, 2.45) is 0 Å². The van der Waals surface area contributed by atoms with Crippen molar-refractivity contribution in [1.82, 2.24) is 20.0 Å². The summed E-state index contributed by atoms with van der Waals surface area (Å²) in [5.41, 5.74) is 0.976. The molecule has 0 saturated carbocycles. The molecule has 238 valence electrons. The number of nitro groups is 1. The molecule has 2 aromatic rings. The molecule has 0 radical (unpaired) electrons. The van der Waals surface area contributed by atoms with Crippen LogP contribution in [0, 0.1) is 10.1 Å². The SMILES string of the molecule is CC(=O)SCCN(CCc1ccccc1)C(=O)NC(Cc1ccc([N+](=O)[O-])cc1)C(=O)N1CCN(C(=O)OC(C)(C)C)CC1. The second-order valence-corrected chi connectivity index (χ2v) is 12.8. The van der Waals surface area contributed by atoms with Crippen molar-refractivity contribution in [3.63, 3.8) is 0 Å². The Balaban J connectivity index is 1.76. The predicted octanol–water partition coefficient (Wildman–Crippen LogP) is 4.12. The monoisotopic (exact) mass is 627 g/mol. The number of urea groups is 1. The number of thioether (sulfide) groups is 1. The van der Waals surface area contributed by atoms with Gasteiger partial charge in [0.2, 0.25) is 5.91 Å². The average Bonchev–Trinajstić information content (AvgIpc) is 2.98. The molecule has 1 N–H and O–H groups in total. The van der Waals surface area contributed by atoms with Crippen LogP contribution in [0.25, 0.3) is 0 Å². The zero-order chi connectivity index (χ0) is 32.3. The Kier molecular flexibility index (Phi) is 12.6. The van der Waals surface area contributed by atoms with Gasteiger partial charge in [-0.05, 0) is 38.3 Å². The van der Waals surface area contributed by atoms with Crippen LogP contribution in [0.5, 0.6) is 0 Å². The molecule has 1 aliphatic rings. The first-order valence-electron chi connectivity index (χ1n) is 14.5. The second kappa shape index (κ2) is 16.1. The fourth-order valence-electron chi connectivity index (χ4n) is 4.61. The van der Waals surface area contributed by atoms with Crippen molar-refractivity contribution in [2.75, 3.05) is 45.0 Å². The number of piperazine rings is 1. The Bertz CT molecular complexity index is 1290. The Morgan fingerprint density at radius 3 is 2.14 bits per heavy atom. The van der Waals surface area contributed by atoms with E-state index >= 15 is 0 Å². The zero-order valence-electron chi connectivity index (χ0n) is 25.7. The van der Waals surface area contributed by atoms with Gasteiger partial charge in [-0.25, -0.2) is 9.59 Å². The van der Waals surface area contributed by atoms with E-state index in [1.807, 2.05) is 30.3 Å². The minimum atomic E-state index is -0.961. The normalized spacial score (nSPS) is 14.0. The van der Waals surface area contributed by atoms with Gasteiger partial charge < -0.3 is 24.8 Å². The Labute approximate surface area is 262 Å². The lowest BCUT2D eigenvalue weighted by atomic mass is 10.0. The molecule has 44 heavy (non-hydrogen) atoms. The van der Waals surface area contributed by atoms with Crippen LogP contribution in [0.3, 0.4) is 0 Å². The van der Waals surface area contributed by atoms with Crippen molar-refractivity contribution >= 4 is 40.6 Å². The van der Waals surface area contributed by atoms with Gasteiger partial charge in [-0.2, -0.15) is 0 Å². The fourth-order valence-corrected chi connectivity index (χ4v) is 5.21. The number of carbonyl (C=O) groups excluding carboxylic acids is 4. The van der Waals surface area contributed by atoms with Gasteiger partial charge in [0.1, 0.15) is 11.6 Å². The smallest absolute Gasteiger partial charge is 0.410 e. The highest BCUT2D eigenvalue weighted by Gasteiger charge is 2.32. The number of hydrogen-bond donors (Lipinski definition) is 1. The van der Waals surface area contributed by atoms with E-state index in [4.69, 9.17) is 4.74 Å². The number of amides is 4. The molecule has 3 rings (SSSR count). The number of non-ortho nitro benzene ring substituents is 1. The van der Waals surface area contributed by atoms with E-state index in [1.165, 1.54) is 19.1 Å². The van der Waals surface area contributed by atoms with E-state index in [1.54, 1.807) is 47.6 Å². The number of rotatable bonds is 11. The van der Waals surface area contributed by atoms with Crippen LogP contribution in [-0.4, -0.2) is 99.4 Å². The Morgan fingerprint density at radius 2 is 1.57 bits per heavy atom. The van der Waals surface area contributed by atoms with Gasteiger partial charge in [-0.1, -0.05) is 54.2 Å². The number of hydrogen-bond acceptors (Lipinski definition) is 8. The van der Waals surface area contributed by atoms with E-state index < -0.39 is 28.7 Å². The largest absolute Gasteiger partial charge is 0.444 e. The highest BCUT2D eigenvalue weighted by atomic mass is 32.2. The van der Waals surface area contributed by atoms with Gasteiger partial charge >= 0.3 is 12.1 Å². The van der Waals surface area contributed by atoms with Crippen molar-refractivity contribution in [2.45, 2.75) is 52.2 Å². The molecule has 1 fully saturated rings. The molecule has 4 amide bonds. The average molecular weight is 628 g/mol. The molecular formula is C31H41N5O7S. The number of benzene rings is 2. The molecule has 1 atom stereocenters. The van der Waals surface area contributed by atoms with Crippen molar-refractivity contribution in [3.05, 3.63) is 75.8 Å². The van der Waals surface area contributed by atoms with Crippen molar-refractivity contribution in [1.29, 1.82) is 0 Å². The second-order valence-electron chi connectivity index (χ2n) is 11.5. The topological polar surface area (TPSA) is 142 Å². The maximum Gasteiger partial charge on any atom is 0.410 e. The van der Waals surface area contributed by atoms with Gasteiger partial charge in [0.05, 0.1) is 4.92 Å². The van der Waals surface area contributed by atoms with Crippen LogP contribution in [0.1, 0.15) is 38.8 Å². The summed E-state index contributed by atoms with van der Waals surface area (Å²) >= 11 is 1.13. The van der Waals surface area contributed by atoms with Gasteiger partial charge in [0.25, 0.3) is 5.69 Å². The van der Waals surface area contributed by atoms with Crippen LogP contribution in [0.2, 0.25) is 0 Å². The molecule has 0 spiro atoms. The van der Waals surface area contributed by atoms with E-state index in [0.717, 1.165) is 17.3 Å². The molecule has 1 heterocycles. The number of nitrogens with one attached hydrogen (secondary N) is 1. The molecule has 13 heteroatoms. The summed E-state index contributed by atoms with van der Waals surface area (Å²) in [6.45, 7) is 8.61. The standard InChI is InChI=1S/C31H41N5O7S/c1-23(37)44-21-20-34(15-14-24-8-6-5-7-9-24)29(39)32-27(22-25-10-12-26(13-11-25)36(41)42)28(38)33-16-18-35(19-17-33)30(40)43-31(2,3)4/h5-13,27H,14-22H2,1-4H3,(H,32,39). The zero-order valence-corrected chi connectivity index (χ0v) is 26.5. The van der Waals surface area contributed by atoms with Gasteiger partial charge in [-0.3, -0.25) is 19.7 Å². The highest BCUT2D eigenvalue weighted by molar-refractivity contribution is 8.13. The van der Waals surface area contributed by atoms with Gasteiger partial charge in [-0.15, -0.1) is 0 Å². The molecule has 2 aromatic carbocycles. The molecular weight excluding hydrogens is 586 g/mol. The first-order valence-corrected chi connectivity index (χ1v) is 15.5. The van der Waals surface area contributed by atoms with Crippen LogP contribution in [0.4, 0.5) is 15.3 Å². The lowest BCUT2D eigenvalue weighted by Gasteiger charge is -2.37. The lowest BCUT2D eigenvalue weighted by Crippen LogP contribution is -2.58. The summed E-state index contributed by atoms with van der Waals surface area (Å²) in [4.78, 5) is 66.9. The number of carbonyl (C=O) groups is 4. The Morgan fingerprint density at radius 1 is 0.955 bits per heavy atom. The van der Waals surface area contributed by atoms with Crippen LogP contribution in [0.15, 0.2) is 54.6 Å². The minimum Gasteiger partial charge on any atom is -0.444 e. The highest BCUT2D eigenvalue weighted by Crippen LogP contribution is 2.17. The summed E-state index contributed by atoms with van der Waals surface area (Å²) < 4.78 is 5.46. The summed E-state index contributed by atoms with van der Waals surface area (Å²) in [7, 11) is 0. The minimum absolute atomic E-state index is 0.0508. The van der Waals surface area contributed by atoms with Crippen molar-refractivity contribution in [3.8, 4) is 0 Å². The molecule has 12 nitrogen and oxygen atoms in total. The van der Waals surface area contributed by atoms with Crippen molar-refractivity contribution < 1.29 is 28.8 Å². The lowest BCUT2D eigenvalue weighted by molar-refractivity contribution is -0.384. The van der Waals surface area contributed by atoms with E-state index in [-0.39, 0.29) is 49.3 Å². The molecule has 1 aliphatic heterocycles. The third-order valence-corrected chi connectivity index (χ3v) is 7.69. The first-order chi connectivity index (χ1) is 20.8. The van der Waals surface area contributed by atoms with Crippen LogP contribution < -0.4 is 5.32 Å². The maximum absolute atomic E-state index is 13.8. The predicted molar refractivity (Wildman–Crippen MR) is 168 cm³/mol. The van der Waals surface area contributed by atoms with E-state index in [2.05, 4.69) is 5.32 Å². The van der Waals surface area contributed by atoms with Crippen LogP contribution >= 0.6 is 11.8 Å².